The normalized spacial score (nSPS) is 17.8. The summed E-state index contributed by atoms with van der Waals surface area (Å²) in [4.78, 5) is 0. The third-order valence-corrected chi connectivity index (χ3v) is 3.16. The summed E-state index contributed by atoms with van der Waals surface area (Å²) in [6.45, 7) is 0.701. The zero-order valence-electron chi connectivity index (χ0n) is 9.72. The predicted octanol–water partition coefficient (Wildman–Crippen LogP) is 3.31. The maximum atomic E-state index is 5.84. The molecule has 2 heteroatoms. The average Bonchev–Trinajstić information content (AvgIpc) is 2.83. The lowest BCUT2D eigenvalue weighted by atomic mass is 9.99. The minimum absolute atomic E-state index is 0.0668. The van der Waals surface area contributed by atoms with Crippen molar-refractivity contribution in [2.75, 3.05) is 7.11 Å². The van der Waals surface area contributed by atoms with Crippen molar-refractivity contribution in [3.8, 4) is 5.75 Å². The van der Waals surface area contributed by atoms with E-state index in [4.69, 9.17) is 9.47 Å². The van der Waals surface area contributed by atoms with Crippen molar-refractivity contribution >= 4 is 0 Å². The van der Waals surface area contributed by atoms with Crippen LogP contribution in [0.2, 0.25) is 0 Å². The fourth-order valence-corrected chi connectivity index (χ4v) is 2.24. The highest BCUT2D eigenvalue weighted by Gasteiger charge is 2.23. The Morgan fingerprint density at radius 3 is 2.59 bits per heavy atom. The van der Waals surface area contributed by atoms with Crippen molar-refractivity contribution < 1.29 is 9.47 Å². The van der Waals surface area contributed by atoms with Gasteiger partial charge in [-0.15, -0.1) is 0 Å². The van der Waals surface area contributed by atoms with Crippen LogP contribution in [0.3, 0.4) is 0 Å². The van der Waals surface area contributed by atoms with E-state index in [1.54, 1.807) is 7.11 Å². The maximum absolute atomic E-state index is 5.84. The molecule has 0 N–H and O–H groups in total. The minimum atomic E-state index is 0.0668. The van der Waals surface area contributed by atoms with Gasteiger partial charge in [0.1, 0.15) is 11.9 Å². The van der Waals surface area contributed by atoms with Crippen LogP contribution in [0, 0.1) is 0 Å². The molecule has 0 aromatic heterocycles. The lowest BCUT2D eigenvalue weighted by Gasteiger charge is -2.12. The van der Waals surface area contributed by atoms with Gasteiger partial charge in [-0.2, -0.15) is 0 Å². The van der Waals surface area contributed by atoms with Gasteiger partial charge in [-0.05, 0) is 28.8 Å². The molecule has 0 amide bonds. The summed E-state index contributed by atoms with van der Waals surface area (Å²) in [5.41, 5.74) is 3.74. The van der Waals surface area contributed by atoms with Crippen molar-refractivity contribution in [3.63, 3.8) is 0 Å². The first-order valence-electron chi connectivity index (χ1n) is 5.72. The van der Waals surface area contributed by atoms with Gasteiger partial charge >= 0.3 is 0 Å². The van der Waals surface area contributed by atoms with Gasteiger partial charge in [-0.1, -0.05) is 36.4 Å². The van der Waals surface area contributed by atoms with E-state index in [2.05, 4.69) is 36.4 Å². The fraction of sp³-hybridized carbons (Fsp3) is 0.200. The molecule has 1 aliphatic rings. The molecule has 0 spiro atoms. The average molecular weight is 226 g/mol. The predicted molar refractivity (Wildman–Crippen MR) is 66.1 cm³/mol. The molecule has 0 aliphatic carbocycles. The fourth-order valence-electron chi connectivity index (χ4n) is 2.24. The highest BCUT2D eigenvalue weighted by atomic mass is 16.5. The molecule has 1 heterocycles. The standard InChI is InChI=1S/C15H14O2/c1-16-13-8-6-11(7-9-13)15-14-5-3-2-4-12(14)10-17-15/h2-9,15H,10H2,1H3/t15-/m0/s1. The van der Waals surface area contributed by atoms with Gasteiger partial charge in [0.2, 0.25) is 0 Å². The second kappa shape index (κ2) is 4.22. The van der Waals surface area contributed by atoms with Crippen LogP contribution in [-0.4, -0.2) is 7.11 Å². The largest absolute Gasteiger partial charge is 0.497 e. The molecular weight excluding hydrogens is 212 g/mol. The molecule has 0 unspecified atom stereocenters. The van der Waals surface area contributed by atoms with Crippen LogP contribution in [0.1, 0.15) is 22.8 Å². The zero-order valence-corrected chi connectivity index (χ0v) is 9.72. The summed E-state index contributed by atoms with van der Waals surface area (Å²) in [6, 6.07) is 16.4. The molecule has 0 saturated carbocycles. The van der Waals surface area contributed by atoms with E-state index in [0.29, 0.717) is 6.61 Å². The topological polar surface area (TPSA) is 18.5 Å². The van der Waals surface area contributed by atoms with E-state index in [0.717, 1.165) is 5.75 Å². The Morgan fingerprint density at radius 2 is 1.82 bits per heavy atom. The van der Waals surface area contributed by atoms with Crippen LogP contribution in [0.15, 0.2) is 48.5 Å². The molecule has 0 bridgehead atoms. The SMILES string of the molecule is COc1ccc([C@@H]2OCc3ccccc32)cc1. The monoisotopic (exact) mass is 226 g/mol. The summed E-state index contributed by atoms with van der Waals surface area (Å²) in [6.07, 6.45) is 0.0668. The summed E-state index contributed by atoms with van der Waals surface area (Å²) < 4.78 is 11.0. The zero-order chi connectivity index (χ0) is 11.7. The van der Waals surface area contributed by atoms with Crippen molar-refractivity contribution in [2.24, 2.45) is 0 Å². The highest BCUT2D eigenvalue weighted by molar-refractivity contribution is 5.40. The molecule has 2 nitrogen and oxygen atoms in total. The van der Waals surface area contributed by atoms with E-state index in [1.165, 1.54) is 16.7 Å². The molecule has 86 valence electrons. The van der Waals surface area contributed by atoms with Crippen LogP contribution in [0.4, 0.5) is 0 Å². The molecule has 0 radical (unpaired) electrons. The van der Waals surface area contributed by atoms with E-state index >= 15 is 0 Å². The molecular formula is C15H14O2. The summed E-state index contributed by atoms with van der Waals surface area (Å²) in [5.74, 6) is 0.875. The highest BCUT2D eigenvalue weighted by Crippen LogP contribution is 2.35. The van der Waals surface area contributed by atoms with Gasteiger partial charge < -0.3 is 9.47 Å². The smallest absolute Gasteiger partial charge is 0.118 e. The number of hydrogen-bond acceptors (Lipinski definition) is 2. The first-order chi connectivity index (χ1) is 8.38. The van der Waals surface area contributed by atoms with Gasteiger partial charge in [0.05, 0.1) is 13.7 Å². The molecule has 2 aromatic carbocycles. The molecule has 3 rings (SSSR count). The van der Waals surface area contributed by atoms with E-state index < -0.39 is 0 Å². The summed E-state index contributed by atoms with van der Waals surface area (Å²) in [7, 11) is 1.68. The maximum Gasteiger partial charge on any atom is 0.118 e. The first-order valence-corrected chi connectivity index (χ1v) is 5.72. The van der Waals surface area contributed by atoms with E-state index in [9.17, 15) is 0 Å². The van der Waals surface area contributed by atoms with Gasteiger partial charge in [-0.25, -0.2) is 0 Å². The van der Waals surface area contributed by atoms with Gasteiger partial charge in [0, 0.05) is 0 Å². The molecule has 1 aliphatic heterocycles. The van der Waals surface area contributed by atoms with Crippen LogP contribution in [-0.2, 0) is 11.3 Å². The van der Waals surface area contributed by atoms with Crippen LogP contribution in [0.5, 0.6) is 5.75 Å². The Kier molecular flexibility index (Phi) is 2.57. The Morgan fingerprint density at radius 1 is 1.06 bits per heavy atom. The number of methoxy groups -OCH3 is 1. The summed E-state index contributed by atoms with van der Waals surface area (Å²) in [5, 5.41) is 0. The van der Waals surface area contributed by atoms with Crippen molar-refractivity contribution in [1.82, 2.24) is 0 Å². The molecule has 1 atom stereocenters. The minimum Gasteiger partial charge on any atom is -0.497 e. The molecule has 2 aromatic rings. The Balaban J connectivity index is 1.95. The Labute approximate surface area is 101 Å². The molecule has 0 fully saturated rings. The number of rotatable bonds is 2. The third kappa shape index (κ3) is 1.81. The van der Waals surface area contributed by atoms with Crippen LogP contribution < -0.4 is 4.74 Å². The molecule has 17 heavy (non-hydrogen) atoms. The lowest BCUT2D eigenvalue weighted by Crippen LogP contribution is -1.98. The third-order valence-electron chi connectivity index (χ3n) is 3.16. The quantitative estimate of drug-likeness (QED) is 0.782. The first kappa shape index (κ1) is 10.4. The van der Waals surface area contributed by atoms with Crippen LogP contribution >= 0.6 is 0 Å². The second-order valence-corrected chi connectivity index (χ2v) is 4.16. The van der Waals surface area contributed by atoms with Crippen molar-refractivity contribution in [1.29, 1.82) is 0 Å². The Bertz CT molecular complexity index is 517. The van der Waals surface area contributed by atoms with Gasteiger partial charge in [0.15, 0.2) is 0 Å². The number of benzene rings is 2. The van der Waals surface area contributed by atoms with Crippen molar-refractivity contribution in [2.45, 2.75) is 12.7 Å². The van der Waals surface area contributed by atoms with Gasteiger partial charge in [-0.3, -0.25) is 0 Å². The number of hydrogen-bond donors (Lipinski definition) is 0. The Hall–Kier alpha value is -1.80. The lowest BCUT2D eigenvalue weighted by molar-refractivity contribution is 0.0939. The van der Waals surface area contributed by atoms with Gasteiger partial charge in [0.25, 0.3) is 0 Å². The molecule has 0 saturated heterocycles. The second-order valence-electron chi connectivity index (χ2n) is 4.16. The number of fused-ring (bicyclic) bond motifs is 1. The van der Waals surface area contributed by atoms with E-state index in [-0.39, 0.29) is 6.10 Å². The number of ether oxygens (including phenoxy) is 2. The van der Waals surface area contributed by atoms with Crippen LogP contribution in [0.25, 0.3) is 0 Å². The summed E-state index contributed by atoms with van der Waals surface area (Å²) >= 11 is 0. The van der Waals surface area contributed by atoms with Crippen molar-refractivity contribution in [3.05, 3.63) is 65.2 Å². The van der Waals surface area contributed by atoms with E-state index in [1.807, 2.05) is 12.1 Å².